The maximum atomic E-state index is 3.30. The normalized spacial score (nSPS) is 11.4. The van der Waals surface area contributed by atoms with Crippen molar-refractivity contribution in [2.24, 2.45) is 0 Å². The standard InChI is InChI=1S/C9H7.C9H13.2HI.Zr/c1-2-5-9-7-3-6-8(9)4-1;1-2-3-6-9-7-4-5-8-9;;;/h1-7H;4,7H,2-3,5-6H2,1H3;2*1H;/q2*-1;;;+4/p-2. The second-order valence-electron chi connectivity index (χ2n) is 4.57. The van der Waals surface area contributed by atoms with Crippen molar-refractivity contribution in [1.29, 1.82) is 0 Å². The summed E-state index contributed by atoms with van der Waals surface area (Å²) < 4.78 is 0. The molecule has 0 saturated heterocycles. The minimum Gasteiger partial charge on any atom is -1.00 e. The molecule has 0 fully saturated rings. The molecule has 21 heavy (non-hydrogen) atoms. The third-order valence-corrected chi connectivity index (χ3v) is 3.11. The molecule has 0 saturated carbocycles. The van der Waals surface area contributed by atoms with Crippen molar-refractivity contribution in [2.75, 3.05) is 0 Å². The average molecular weight is 581 g/mol. The van der Waals surface area contributed by atoms with Crippen LogP contribution in [0.1, 0.15) is 32.6 Å². The molecule has 0 bridgehead atoms. The molecule has 0 nitrogen and oxygen atoms in total. The Labute approximate surface area is 182 Å². The summed E-state index contributed by atoms with van der Waals surface area (Å²) in [5, 5.41) is 2.66. The molecule has 3 heteroatoms. The van der Waals surface area contributed by atoms with Crippen LogP contribution in [0.25, 0.3) is 10.8 Å². The van der Waals surface area contributed by atoms with Gasteiger partial charge in [0, 0.05) is 0 Å². The zero-order valence-electron chi connectivity index (χ0n) is 12.3. The first-order valence-electron chi connectivity index (χ1n) is 6.77. The van der Waals surface area contributed by atoms with E-state index in [0.717, 1.165) is 6.42 Å². The molecule has 0 atom stereocenters. The zero-order valence-corrected chi connectivity index (χ0v) is 19.1. The van der Waals surface area contributed by atoms with Crippen molar-refractivity contribution in [3.8, 4) is 0 Å². The third kappa shape index (κ3) is 8.75. The van der Waals surface area contributed by atoms with E-state index < -0.39 is 0 Å². The largest absolute Gasteiger partial charge is 4.00 e. The van der Waals surface area contributed by atoms with Crippen molar-refractivity contribution in [2.45, 2.75) is 32.6 Å². The molecule has 3 rings (SSSR count). The molecule has 0 radical (unpaired) electrons. The topological polar surface area (TPSA) is 0 Å². The van der Waals surface area contributed by atoms with Crippen LogP contribution in [0.3, 0.4) is 0 Å². The fourth-order valence-corrected chi connectivity index (χ4v) is 2.06. The van der Waals surface area contributed by atoms with Crippen LogP contribution in [0.5, 0.6) is 0 Å². The summed E-state index contributed by atoms with van der Waals surface area (Å²) in [4.78, 5) is 0. The van der Waals surface area contributed by atoms with Crippen molar-refractivity contribution >= 4 is 10.8 Å². The molecule has 0 aromatic heterocycles. The molecule has 2 aromatic carbocycles. The van der Waals surface area contributed by atoms with Gasteiger partial charge in [0.25, 0.3) is 0 Å². The van der Waals surface area contributed by atoms with Crippen LogP contribution in [0, 0.1) is 6.08 Å². The minimum absolute atomic E-state index is 0. The summed E-state index contributed by atoms with van der Waals surface area (Å²) >= 11 is 0. The van der Waals surface area contributed by atoms with Crippen LogP contribution in [-0.2, 0) is 26.2 Å². The number of rotatable bonds is 3. The fourth-order valence-electron chi connectivity index (χ4n) is 2.06. The molecule has 0 aliphatic heterocycles. The van der Waals surface area contributed by atoms with Gasteiger partial charge in [-0.05, 0) is 0 Å². The molecule has 0 N–H and O–H groups in total. The second kappa shape index (κ2) is 14.3. The monoisotopic (exact) mass is 580 g/mol. The number of halogens is 2. The smallest absolute Gasteiger partial charge is 1.00 e. The summed E-state index contributed by atoms with van der Waals surface area (Å²) in [5.41, 5.74) is 1.41. The van der Waals surface area contributed by atoms with Gasteiger partial charge in [-0.15, -0.1) is 36.1 Å². The maximum Gasteiger partial charge on any atom is 4.00 e. The van der Waals surface area contributed by atoms with Gasteiger partial charge in [0.1, 0.15) is 0 Å². The molecule has 0 unspecified atom stereocenters. The van der Waals surface area contributed by atoms with E-state index in [-0.39, 0.29) is 74.2 Å². The zero-order chi connectivity index (χ0) is 12.6. The van der Waals surface area contributed by atoms with Crippen LogP contribution in [-0.4, -0.2) is 0 Å². The fraction of sp³-hybridized carbons (Fsp3) is 0.278. The van der Waals surface area contributed by atoms with Gasteiger partial charge in [0.2, 0.25) is 0 Å². The molecule has 1 aliphatic carbocycles. The first-order valence-corrected chi connectivity index (χ1v) is 6.77. The van der Waals surface area contributed by atoms with Crippen LogP contribution in [0.15, 0.2) is 60.2 Å². The molecular weight excluding hydrogens is 561 g/mol. The van der Waals surface area contributed by atoms with E-state index in [1.165, 1.54) is 35.6 Å². The van der Waals surface area contributed by atoms with Crippen molar-refractivity contribution in [1.82, 2.24) is 0 Å². The maximum absolute atomic E-state index is 3.30. The van der Waals surface area contributed by atoms with Gasteiger partial charge < -0.3 is 48.0 Å². The van der Waals surface area contributed by atoms with Gasteiger partial charge in [-0.25, -0.2) is 11.6 Å². The molecule has 0 heterocycles. The summed E-state index contributed by atoms with van der Waals surface area (Å²) in [5.74, 6) is 0. The average Bonchev–Trinajstić information content (AvgIpc) is 3.08. The first-order chi connectivity index (χ1) is 8.90. The van der Waals surface area contributed by atoms with Crippen LogP contribution < -0.4 is 48.0 Å². The number of unbranched alkanes of at least 4 members (excludes halogenated alkanes) is 1. The van der Waals surface area contributed by atoms with Gasteiger partial charge in [-0.3, -0.25) is 6.08 Å². The van der Waals surface area contributed by atoms with E-state index in [4.69, 9.17) is 0 Å². The van der Waals surface area contributed by atoms with Gasteiger partial charge >= 0.3 is 26.2 Å². The summed E-state index contributed by atoms with van der Waals surface area (Å²) in [6.07, 6.45) is 12.5. The Morgan fingerprint density at radius 1 is 1.14 bits per heavy atom. The quantitative estimate of drug-likeness (QED) is 0.337. The molecule has 0 spiro atoms. The Balaban J connectivity index is 0. The Morgan fingerprint density at radius 3 is 2.52 bits per heavy atom. The first kappa shape index (κ1) is 23.9. The number of hydrogen-bond acceptors (Lipinski definition) is 0. The number of hydrogen-bond donors (Lipinski definition) is 0. The van der Waals surface area contributed by atoms with Gasteiger partial charge in [0.15, 0.2) is 0 Å². The molecule has 0 amide bonds. The third-order valence-electron chi connectivity index (χ3n) is 3.11. The number of benzene rings is 1. The van der Waals surface area contributed by atoms with Gasteiger partial charge in [-0.2, -0.15) is 23.6 Å². The van der Waals surface area contributed by atoms with E-state index in [0.29, 0.717) is 0 Å². The summed E-state index contributed by atoms with van der Waals surface area (Å²) in [7, 11) is 0. The van der Waals surface area contributed by atoms with E-state index in [2.05, 4.69) is 67.6 Å². The van der Waals surface area contributed by atoms with Crippen molar-refractivity contribution in [3.05, 3.63) is 66.3 Å². The molecular formula is C18H20I2Zr. The predicted octanol–water partition coefficient (Wildman–Crippen LogP) is -0.570. The molecule has 110 valence electrons. The Kier molecular flexibility index (Phi) is 16.2. The predicted molar refractivity (Wildman–Crippen MR) is 79.6 cm³/mol. The van der Waals surface area contributed by atoms with E-state index in [9.17, 15) is 0 Å². The van der Waals surface area contributed by atoms with E-state index in [1.54, 1.807) is 0 Å². The number of allylic oxidation sites excluding steroid dienone is 4. The van der Waals surface area contributed by atoms with Crippen LogP contribution >= 0.6 is 0 Å². The van der Waals surface area contributed by atoms with Crippen LogP contribution in [0.4, 0.5) is 0 Å². The Bertz CT molecular complexity index is 511. The number of fused-ring (bicyclic) bond motifs is 1. The van der Waals surface area contributed by atoms with Crippen molar-refractivity contribution < 1.29 is 74.2 Å². The van der Waals surface area contributed by atoms with Crippen molar-refractivity contribution in [3.63, 3.8) is 0 Å². The molecule has 2 aromatic rings. The Hall–Kier alpha value is 0.653. The van der Waals surface area contributed by atoms with Gasteiger partial charge in [-0.1, -0.05) is 32.3 Å². The Morgan fingerprint density at radius 2 is 1.90 bits per heavy atom. The SMILES string of the molecule is CCCCC1=[C-]CC=C1.[I-].[I-].[Zr+4].c1ccc2[cH-]ccc2c1. The summed E-state index contributed by atoms with van der Waals surface area (Å²) in [6.45, 7) is 2.22. The molecule has 1 aliphatic rings. The van der Waals surface area contributed by atoms with E-state index in [1.807, 2.05) is 0 Å². The second-order valence-corrected chi connectivity index (χ2v) is 4.57. The van der Waals surface area contributed by atoms with Crippen LogP contribution in [0.2, 0.25) is 0 Å². The van der Waals surface area contributed by atoms with E-state index >= 15 is 0 Å². The summed E-state index contributed by atoms with van der Waals surface area (Å²) in [6, 6.07) is 14.7. The minimum atomic E-state index is 0. The van der Waals surface area contributed by atoms with Gasteiger partial charge in [0.05, 0.1) is 0 Å².